The summed E-state index contributed by atoms with van der Waals surface area (Å²) in [5.41, 5.74) is 7.18. The molecule has 1 aliphatic heterocycles. The molecule has 0 aliphatic carbocycles. The quantitative estimate of drug-likeness (QED) is 0.889. The van der Waals surface area contributed by atoms with Gasteiger partial charge in [0.25, 0.3) is 0 Å². The lowest BCUT2D eigenvalue weighted by Gasteiger charge is -2.29. The molecule has 0 saturated carbocycles. The Morgan fingerprint density at radius 1 is 1.28 bits per heavy atom. The standard InChI is InChI=1S/C15H24N2O/c1-18-15-9-5-4-7-13(15)12-17-10-6-2-3-8-14(17)11-16/h4-5,7,9,14H,2-3,6,8,10-12,16H2,1H3. The van der Waals surface area contributed by atoms with Crippen LogP contribution in [-0.4, -0.2) is 31.1 Å². The number of nitrogens with two attached hydrogens (primary N) is 1. The lowest BCUT2D eigenvalue weighted by Crippen LogP contribution is -2.39. The van der Waals surface area contributed by atoms with Crippen molar-refractivity contribution in [2.75, 3.05) is 20.2 Å². The maximum atomic E-state index is 5.91. The second-order valence-electron chi connectivity index (χ2n) is 5.02. The van der Waals surface area contributed by atoms with Gasteiger partial charge in [0.1, 0.15) is 5.75 Å². The van der Waals surface area contributed by atoms with Crippen molar-refractivity contribution in [2.24, 2.45) is 5.73 Å². The van der Waals surface area contributed by atoms with Crippen LogP contribution in [0.15, 0.2) is 24.3 Å². The van der Waals surface area contributed by atoms with Crippen molar-refractivity contribution in [1.82, 2.24) is 4.90 Å². The highest BCUT2D eigenvalue weighted by atomic mass is 16.5. The molecule has 0 spiro atoms. The van der Waals surface area contributed by atoms with E-state index in [1.165, 1.54) is 31.2 Å². The van der Waals surface area contributed by atoms with Gasteiger partial charge in [-0.3, -0.25) is 4.90 Å². The van der Waals surface area contributed by atoms with Crippen LogP contribution in [0, 0.1) is 0 Å². The molecule has 2 N–H and O–H groups in total. The van der Waals surface area contributed by atoms with E-state index in [0.29, 0.717) is 6.04 Å². The summed E-state index contributed by atoms with van der Waals surface area (Å²) < 4.78 is 5.43. The molecule has 1 unspecified atom stereocenters. The van der Waals surface area contributed by atoms with E-state index in [-0.39, 0.29) is 0 Å². The molecule has 1 aromatic carbocycles. The van der Waals surface area contributed by atoms with Crippen LogP contribution < -0.4 is 10.5 Å². The molecule has 18 heavy (non-hydrogen) atoms. The first-order chi connectivity index (χ1) is 8.85. The molecule has 1 atom stereocenters. The molecular weight excluding hydrogens is 224 g/mol. The first-order valence-corrected chi connectivity index (χ1v) is 6.91. The Balaban J connectivity index is 2.10. The largest absolute Gasteiger partial charge is 0.496 e. The number of hydrogen-bond donors (Lipinski definition) is 1. The molecule has 3 nitrogen and oxygen atoms in total. The van der Waals surface area contributed by atoms with Crippen LogP contribution in [0.3, 0.4) is 0 Å². The van der Waals surface area contributed by atoms with Crippen LogP contribution in [0.1, 0.15) is 31.2 Å². The molecule has 1 heterocycles. The van der Waals surface area contributed by atoms with Crippen molar-refractivity contribution >= 4 is 0 Å². The average Bonchev–Trinajstić information content (AvgIpc) is 2.64. The van der Waals surface area contributed by atoms with Crippen molar-refractivity contribution in [3.8, 4) is 5.75 Å². The fourth-order valence-corrected chi connectivity index (χ4v) is 2.76. The van der Waals surface area contributed by atoms with Crippen LogP contribution >= 0.6 is 0 Å². The minimum atomic E-state index is 0.525. The van der Waals surface area contributed by atoms with Gasteiger partial charge in [-0.1, -0.05) is 31.0 Å². The van der Waals surface area contributed by atoms with E-state index in [2.05, 4.69) is 17.0 Å². The van der Waals surface area contributed by atoms with E-state index < -0.39 is 0 Å². The molecule has 1 saturated heterocycles. The van der Waals surface area contributed by atoms with Gasteiger partial charge in [-0.25, -0.2) is 0 Å². The molecule has 1 aliphatic rings. The minimum Gasteiger partial charge on any atom is -0.496 e. The Bertz CT molecular complexity index is 367. The summed E-state index contributed by atoms with van der Waals surface area (Å²) in [6.45, 7) is 2.86. The zero-order valence-corrected chi connectivity index (χ0v) is 11.3. The van der Waals surface area contributed by atoms with E-state index in [0.717, 1.165) is 25.4 Å². The van der Waals surface area contributed by atoms with Crippen molar-refractivity contribution < 1.29 is 4.74 Å². The number of methoxy groups -OCH3 is 1. The highest BCUT2D eigenvalue weighted by Crippen LogP contribution is 2.23. The van der Waals surface area contributed by atoms with E-state index in [1.807, 2.05) is 12.1 Å². The zero-order chi connectivity index (χ0) is 12.8. The van der Waals surface area contributed by atoms with Crippen LogP contribution in [0.4, 0.5) is 0 Å². The van der Waals surface area contributed by atoms with Gasteiger partial charge >= 0.3 is 0 Å². The van der Waals surface area contributed by atoms with Crippen molar-refractivity contribution in [2.45, 2.75) is 38.3 Å². The number of nitrogens with zero attached hydrogens (tertiary/aromatic N) is 1. The second-order valence-corrected chi connectivity index (χ2v) is 5.02. The van der Waals surface area contributed by atoms with Gasteiger partial charge in [-0.15, -0.1) is 0 Å². The lowest BCUT2D eigenvalue weighted by atomic mass is 10.1. The van der Waals surface area contributed by atoms with E-state index in [9.17, 15) is 0 Å². The summed E-state index contributed by atoms with van der Waals surface area (Å²) in [5, 5.41) is 0. The Morgan fingerprint density at radius 2 is 2.11 bits per heavy atom. The van der Waals surface area contributed by atoms with Crippen LogP contribution in [0.2, 0.25) is 0 Å². The number of rotatable bonds is 4. The second kappa shape index (κ2) is 6.76. The zero-order valence-electron chi connectivity index (χ0n) is 11.3. The third-order valence-corrected chi connectivity index (χ3v) is 3.84. The monoisotopic (exact) mass is 248 g/mol. The van der Waals surface area contributed by atoms with Crippen LogP contribution in [0.25, 0.3) is 0 Å². The lowest BCUT2D eigenvalue weighted by molar-refractivity contribution is 0.193. The molecule has 0 radical (unpaired) electrons. The Hall–Kier alpha value is -1.06. The first kappa shape index (κ1) is 13.4. The summed E-state index contributed by atoms with van der Waals surface area (Å²) in [7, 11) is 1.74. The van der Waals surface area contributed by atoms with Crippen molar-refractivity contribution in [3.05, 3.63) is 29.8 Å². The Morgan fingerprint density at radius 3 is 2.89 bits per heavy atom. The topological polar surface area (TPSA) is 38.5 Å². The number of likely N-dealkylation sites (tertiary alicyclic amines) is 1. The Labute approximate surface area is 110 Å². The maximum Gasteiger partial charge on any atom is 0.123 e. The maximum absolute atomic E-state index is 5.91. The normalized spacial score (nSPS) is 21.6. The van der Waals surface area contributed by atoms with Gasteiger partial charge < -0.3 is 10.5 Å². The van der Waals surface area contributed by atoms with Gasteiger partial charge in [-0.2, -0.15) is 0 Å². The molecule has 2 rings (SSSR count). The third-order valence-electron chi connectivity index (χ3n) is 3.84. The summed E-state index contributed by atoms with van der Waals surface area (Å²) in [4.78, 5) is 2.52. The molecule has 0 amide bonds. The Kier molecular flexibility index (Phi) is 5.02. The third kappa shape index (κ3) is 3.24. The van der Waals surface area contributed by atoms with Gasteiger partial charge in [0.15, 0.2) is 0 Å². The summed E-state index contributed by atoms with van der Waals surface area (Å²) in [5.74, 6) is 0.984. The van der Waals surface area contributed by atoms with E-state index >= 15 is 0 Å². The predicted molar refractivity (Wildman–Crippen MR) is 74.7 cm³/mol. The average molecular weight is 248 g/mol. The summed E-state index contributed by atoms with van der Waals surface area (Å²) in [6, 6.07) is 8.80. The molecule has 0 aromatic heterocycles. The fourth-order valence-electron chi connectivity index (χ4n) is 2.76. The van der Waals surface area contributed by atoms with Crippen LogP contribution in [-0.2, 0) is 6.54 Å². The fraction of sp³-hybridized carbons (Fsp3) is 0.600. The summed E-state index contributed by atoms with van der Waals surface area (Å²) >= 11 is 0. The number of ether oxygens (including phenoxy) is 1. The molecule has 3 heteroatoms. The highest BCUT2D eigenvalue weighted by Gasteiger charge is 2.20. The number of hydrogen-bond acceptors (Lipinski definition) is 3. The number of para-hydroxylation sites is 1. The van der Waals surface area contributed by atoms with Crippen molar-refractivity contribution in [1.29, 1.82) is 0 Å². The smallest absolute Gasteiger partial charge is 0.123 e. The van der Waals surface area contributed by atoms with Crippen LogP contribution in [0.5, 0.6) is 5.75 Å². The molecule has 0 bridgehead atoms. The minimum absolute atomic E-state index is 0.525. The number of benzene rings is 1. The molecule has 1 fully saturated rings. The van der Waals surface area contributed by atoms with Gasteiger partial charge in [0, 0.05) is 24.7 Å². The molecule has 100 valence electrons. The van der Waals surface area contributed by atoms with Crippen molar-refractivity contribution in [3.63, 3.8) is 0 Å². The molecular formula is C15H24N2O. The summed E-state index contributed by atoms with van der Waals surface area (Å²) in [6.07, 6.45) is 5.15. The molecule has 1 aromatic rings. The SMILES string of the molecule is COc1ccccc1CN1CCCCCC1CN. The van der Waals surface area contributed by atoms with Gasteiger partial charge in [0.05, 0.1) is 7.11 Å². The highest BCUT2D eigenvalue weighted by molar-refractivity contribution is 5.33. The van der Waals surface area contributed by atoms with Gasteiger partial charge in [-0.05, 0) is 25.5 Å². The van der Waals surface area contributed by atoms with E-state index in [4.69, 9.17) is 10.5 Å². The first-order valence-electron chi connectivity index (χ1n) is 6.91. The predicted octanol–water partition coefficient (Wildman–Crippen LogP) is 2.40. The van der Waals surface area contributed by atoms with Gasteiger partial charge in [0.2, 0.25) is 0 Å². The van der Waals surface area contributed by atoms with E-state index in [1.54, 1.807) is 7.11 Å².